The van der Waals surface area contributed by atoms with E-state index in [-0.39, 0.29) is 29.6 Å². The Bertz CT molecular complexity index is 2120. The number of ketones is 1. The van der Waals surface area contributed by atoms with Gasteiger partial charge in [0.15, 0.2) is 5.75 Å². The van der Waals surface area contributed by atoms with Gasteiger partial charge in [-0.3, -0.25) is 9.59 Å². The van der Waals surface area contributed by atoms with Crippen LogP contribution in [0.1, 0.15) is 58.7 Å². The minimum Gasteiger partial charge on any atom is -0.490 e. The van der Waals surface area contributed by atoms with E-state index in [2.05, 4.69) is 15.6 Å². The zero-order valence-corrected chi connectivity index (χ0v) is 28.1. The van der Waals surface area contributed by atoms with Gasteiger partial charge in [0.2, 0.25) is 11.7 Å². The fourth-order valence-electron chi connectivity index (χ4n) is 7.15. The third-order valence-corrected chi connectivity index (χ3v) is 9.87. The fourth-order valence-corrected chi connectivity index (χ4v) is 7.15. The summed E-state index contributed by atoms with van der Waals surface area (Å²) in [5.74, 6) is 0.0551. The molecular formula is C38H38F3N5O4. The van der Waals surface area contributed by atoms with Gasteiger partial charge >= 0.3 is 6.18 Å². The average Bonchev–Trinajstić information content (AvgIpc) is 3.61. The first-order valence-electron chi connectivity index (χ1n) is 16.7. The maximum absolute atomic E-state index is 14.7. The topological polar surface area (TPSA) is 98.9 Å². The zero-order chi connectivity index (χ0) is 35.2. The molecule has 50 heavy (non-hydrogen) atoms. The molecule has 2 aliphatic rings. The summed E-state index contributed by atoms with van der Waals surface area (Å²) in [5.41, 5.74) is 2.52. The van der Waals surface area contributed by atoms with Crippen molar-refractivity contribution in [2.75, 3.05) is 25.6 Å². The van der Waals surface area contributed by atoms with Crippen molar-refractivity contribution in [2.45, 2.75) is 57.3 Å². The van der Waals surface area contributed by atoms with Crippen LogP contribution in [0.15, 0.2) is 66.9 Å². The smallest absolute Gasteiger partial charge is 0.417 e. The van der Waals surface area contributed by atoms with Crippen LogP contribution in [0.25, 0.3) is 27.7 Å². The molecule has 9 nitrogen and oxygen atoms in total. The third kappa shape index (κ3) is 6.29. The summed E-state index contributed by atoms with van der Waals surface area (Å²) in [6.07, 6.45) is 5.14. The molecule has 0 bridgehead atoms. The molecule has 0 atom stereocenters. The number of nitrogens with one attached hydrogen (secondary N) is 2. The fraction of sp³-hybridized carbons (Fsp3) is 0.342. The number of amides is 1. The van der Waals surface area contributed by atoms with Crippen molar-refractivity contribution in [1.29, 1.82) is 0 Å². The number of fused-ring (bicyclic) bond motifs is 4. The van der Waals surface area contributed by atoms with E-state index in [1.807, 2.05) is 0 Å². The first-order valence-corrected chi connectivity index (χ1v) is 16.7. The van der Waals surface area contributed by atoms with E-state index in [4.69, 9.17) is 9.47 Å². The first kappa shape index (κ1) is 33.6. The van der Waals surface area contributed by atoms with Gasteiger partial charge in [-0.2, -0.15) is 13.2 Å². The standard InChI is InChI=1S/C38H38F3N5O4/c1-22-43-34-30(45(22)2)21-29(38(39,40)41)33-28-6-5-18-46-31(20-24(35(28)46)16-19-50-37(33)34)36(48)23-8-10-26(11-9-23)44-32(47)7-4-17-42-25-12-14-27(49-3)15-13-25/h4-11,18,20-21,25,27,42H,12-17,19H2,1-3H3,(H,44,47)/b7-4+. The Kier molecular flexibility index (Phi) is 9.00. The van der Waals surface area contributed by atoms with E-state index in [0.29, 0.717) is 75.6 Å². The lowest BCUT2D eigenvalue weighted by Gasteiger charge is -2.27. The lowest BCUT2D eigenvalue weighted by Crippen LogP contribution is -2.35. The van der Waals surface area contributed by atoms with Crippen molar-refractivity contribution in [3.63, 3.8) is 0 Å². The largest absolute Gasteiger partial charge is 0.490 e. The molecule has 1 saturated carbocycles. The number of carbonyl (C=O) groups is 2. The molecule has 12 heteroatoms. The van der Waals surface area contributed by atoms with E-state index in [1.165, 1.54) is 6.08 Å². The lowest BCUT2D eigenvalue weighted by atomic mass is 9.93. The van der Waals surface area contributed by atoms with Crippen molar-refractivity contribution in [3.05, 3.63) is 95.1 Å². The van der Waals surface area contributed by atoms with Gasteiger partial charge in [-0.15, -0.1) is 0 Å². The summed E-state index contributed by atoms with van der Waals surface area (Å²) in [6.45, 7) is 2.43. The van der Waals surface area contributed by atoms with E-state index >= 15 is 0 Å². The number of hydrogen-bond donors (Lipinski definition) is 2. The summed E-state index contributed by atoms with van der Waals surface area (Å²) in [4.78, 5) is 31.0. The van der Waals surface area contributed by atoms with Crippen molar-refractivity contribution < 1.29 is 32.2 Å². The Morgan fingerprint density at radius 3 is 2.58 bits per heavy atom. The first-order chi connectivity index (χ1) is 24.0. The van der Waals surface area contributed by atoms with Crippen LogP contribution in [0.5, 0.6) is 5.75 Å². The molecule has 3 aromatic heterocycles. The summed E-state index contributed by atoms with van der Waals surface area (Å²) in [5, 5.41) is 6.27. The zero-order valence-electron chi connectivity index (χ0n) is 28.1. The Hall–Kier alpha value is -4.94. The van der Waals surface area contributed by atoms with Gasteiger partial charge in [0, 0.05) is 67.8 Å². The van der Waals surface area contributed by atoms with Crippen molar-refractivity contribution >= 4 is 33.9 Å². The lowest BCUT2D eigenvalue weighted by molar-refractivity contribution is -0.137. The van der Waals surface area contributed by atoms with Gasteiger partial charge in [0.05, 0.1) is 35.0 Å². The van der Waals surface area contributed by atoms with Gasteiger partial charge in [-0.1, -0.05) is 12.1 Å². The van der Waals surface area contributed by atoms with Crippen molar-refractivity contribution in [1.82, 2.24) is 19.3 Å². The molecule has 0 spiro atoms. The maximum Gasteiger partial charge on any atom is 0.417 e. The molecule has 2 N–H and O–H groups in total. The Morgan fingerprint density at radius 1 is 1.10 bits per heavy atom. The van der Waals surface area contributed by atoms with Crippen LogP contribution in [0, 0.1) is 6.92 Å². The number of aryl methyl sites for hydroxylation is 2. The molecule has 0 saturated heterocycles. The number of anilines is 1. The maximum atomic E-state index is 14.7. The van der Waals surface area contributed by atoms with Crippen LogP contribution < -0.4 is 15.4 Å². The highest BCUT2D eigenvalue weighted by Gasteiger charge is 2.39. The predicted octanol–water partition coefficient (Wildman–Crippen LogP) is 7.03. The number of ether oxygens (including phenoxy) is 2. The van der Waals surface area contributed by atoms with Gasteiger partial charge in [-0.25, -0.2) is 4.98 Å². The second-order valence-electron chi connectivity index (χ2n) is 12.9. The van der Waals surface area contributed by atoms with Gasteiger partial charge in [-0.05, 0) is 80.6 Å². The van der Waals surface area contributed by atoms with E-state index in [0.717, 1.165) is 31.7 Å². The Balaban J connectivity index is 1.13. The number of imidazole rings is 1. The van der Waals surface area contributed by atoms with E-state index in [9.17, 15) is 22.8 Å². The molecule has 1 fully saturated rings. The highest BCUT2D eigenvalue weighted by Crippen LogP contribution is 2.48. The third-order valence-electron chi connectivity index (χ3n) is 9.87. The second kappa shape index (κ2) is 13.4. The molecule has 0 radical (unpaired) electrons. The molecule has 0 unspecified atom stereocenters. The summed E-state index contributed by atoms with van der Waals surface area (Å²) >= 11 is 0. The van der Waals surface area contributed by atoms with Gasteiger partial charge < -0.3 is 29.1 Å². The SMILES string of the molecule is COC1CCC(NC/C=C/C(=O)Nc2ccc(C(=O)c3cc4c5c(cccn35)-c3c(C(F)(F)F)cc5c(nc(C)n5C)c3OCC4)cc2)CC1. The van der Waals surface area contributed by atoms with Crippen LogP contribution in [-0.4, -0.2) is 58.0 Å². The van der Waals surface area contributed by atoms with Crippen molar-refractivity contribution in [3.8, 4) is 16.9 Å². The molecule has 1 aliphatic carbocycles. The van der Waals surface area contributed by atoms with Crippen LogP contribution in [-0.2, 0) is 29.2 Å². The normalized spacial score (nSPS) is 17.8. The number of alkyl halides is 3. The number of pyridine rings is 1. The predicted molar refractivity (Wildman–Crippen MR) is 185 cm³/mol. The van der Waals surface area contributed by atoms with Crippen LogP contribution in [0.3, 0.4) is 0 Å². The summed E-state index contributed by atoms with van der Waals surface area (Å²) < 4.78 is 58.8. The van der Waals surface area contributed by atoms with E-state index in [1.54, 1.807) is 84.8 Å². The molecule has 5 aromatic rings. The monoisotopic (exact) mass is 685 g/mol. The summed E-state index contributed by atoms with van der Waals surface area (Å²) in [7, 11) is 3.43. The number of benzene rings is 2. The quantitative estimate of drug-likeness (QED) is 0.135. The molecule has 7 rings (SSSR count). The Labute approximate surface area is 287 Å². The van der Waals surface area contributed by atoms with Crippen LogP contribution >= 0.6 is 0 Å². The molecule has 260 valence electrons. The molecular weight excluding hydrogens is 647 g/mol. The molecule has 2 aromatic carbocycles. The number of methoxy groups -OCH3 is 1. The molecule has 1 aliphatic heterocycles. The van der Waals surface area contributed by atoms with Crippen LogP contribution in [0.4, 0.5) is 18.9 Å². The number of halogens is 3. The summed E-state index contributed by atoms with van der Waals surface area (Å²) in [6, 6.07) is 13.1. The number of hydrogen-bond acceptors (Lipinski definition) is 6. The molecule has 1 amide bonds. The highest BCUT2D eigenvalue weighted by molar-refractivity contribution is 6.10. The van der Waals surface area contributed by atoms with Gasteiger partial charge in [0.1, 0.15) is 11.3 Å². The minimum absolute atomic E-state index is 0.0833. The minimum atomic E-state index is -4.68. The number of carbonyl (C=O) groups excluding carboxylic acids is 2. The van der Waals surface area contributed by atoms with Crippen LogP contribution in [0.2, 0.25) is 0 Å². The highest BCUT2D eigenvalue weighted by atomic mass is 19.4. The number of nitrogens with zero attached hydrogens (tertiary/aromatic N) is 3. The Morgan fingerprint density at radius 2 is 1.86 bits per heavy atom. The van der Waals surface area contributed by atoms with E-state index < -0.39 is 11.7 Å². The average molecular weight is 686 g/mol. The second-order valence-corrected chi connectivity index (χ2v) is 12.9. The van der Waals surface area contributed by atoms with Gasteiger partial charge in [0.25, 0.3) is 0 Å². The number of aromatic nitrogens is 3. The van der Waals surface area contributed by atoms with Crippen molar-refractivity contribution in [2.24, 2.45) is 7.05 Å². The molecule has 4 heterocycles. The number of rotatable bonds is 8.